The fraction of sp³-hybridized carbons (Fsp3) is 0.348. The number of methoxy groups -OCH3 is 1. The van der Waals surface area contributed by atoms with Gasteiger partial charge in [-0.15, -0.1) is 0 Å². The molecule has 0 saturated heterocycles. The summed E-state index contributed by atoms with van der Waals surface area (Å²) in [7, 11) is 2.83. The molecule has 1 aliphatic heterocycles. The van der Waals surface area contributed by atoms with Crippen molar-refractivity contribution in [3.05, 3.63) is 52.6 Å². The first kappa shape index (κ1) is 22.9. The van der Waals surface area contributed by atoms with Gasteiger partial charge in [-0.1, -0.05) is 19.4 Å². The Hall–Kier alpha value is -3.75. The number of nitrogens with zero attached hydrogens (tertiary/aromatic N) is 2. The Morgan fingerprint density at radius 2 is 1.72 bits per heavy atom. The minimum atomic E-state index is -0.842. The van der Waals surface area contributed by atoms with Crippen molar-refractivity contribution in [3.63, 3.8) is 0 Å². The lowest BCUT2D eigenvalue weighted by atomic mass is 10.1. The highest BCUT2D eigenvalue weighted by molar-refractivity contribution is 6.03. The number of hydrogen-bond donors (Lipinski definition) is 2. The number of ether oxygens (including phenoxy) is 2. The number of phenolic OH excluding ortho intramolecular Hbond substituents is 2. The second-order valence-corrected chi connectivity index (χ2v) is 7.61. The molecule has 170 valence electrons. The zero-order chi connectivity index (χ0) is 23.4. The summed E-state index contributed by atoms with van der Waals surface area (Å²) in [6.45, 7) is 3.03. The van der Waals surface area contributed by atoms with E-state index in [0.717, 1.165) is 30.0 Å². The third-order valence-corrected chi connectivity index (χ3v) is 5.32. The Bertz CT molecular complexity index is 1050. The minimum absolute atomic E-state index is 0.0461. The van der Waals surface area contributed by atoms with E-state index < -0.39 is 23.7 Å². The number of amides is 2. The maximum absolute atomic E-state index is 13.1. The summed E-state index contributed by atoms with van der Waals surface area (Å²) in [5, 5.41) is 20.5. The normalized spacial score (nSPS) is 12.3. The first-order chi connectivity index (χ1) is 15.2. The number of hydrogen-bond acceptors (Lipinski definition) is 7. The number of carbonyl (C=O) groups is 3. The van der Waals surface area contributed by atoms with Gasteiger partial charge >= 0.3 is 6.16 Å². The summed E-state index contributed by atoms with van der Waals surface area (Å²) in [5.41, 5.74) is 1.53. The molecular weight excluding hydrogens is 416 g/mol. The van der Waals surface area contributed by atoms with E-state index in [1.165, 1.54) is 23.0 Å². The van der Waals surface area contributed by atoms with Gasteiger partial charge in [0.1, 0.15) is 17.2 Å². The maximum atomic E-state index is 13.1. The van der Waals surface area contributed by atoms with Crippen LogP contribution in [0.5, 0.6) is 17.2 Å². The molecule has 9 heteroatoms. The molecule has 0 aliphatic carbocycles. The predicted molar refractivity (Wildman–Crippen MR) is 115 cm³/mol. The molecule has 2 N–H and O–H groups in total. The second kappa shape index (κ2) is 9.59. The monoisotopic (exact) mass is 442 g/mol. The summed E-state index contributed by atoms with van der Waals surface area (Å²) in [5.74, 6) is -1.42. The molecule has 0 saturated carbocycles. The van der Waals surface area contributed by atoms with Crippen LogP contribution in [0.1, 0.15) is 51.6 Å². The highest BCUT2D eigenvalue weighted by atomic mass is 16.7. The number of fused-ring (bicyclic) bond motifs is 1. The Balaban J connectivity index is 1.81. The van der Waals surface area contributed by atoms with E-state index in [2.05, 4.69) is 4.74 Å². The Labute approximate surface area is 185 Å². The van der Waals surface area contributed by atoms with Crippen LogP contribution in [0.3, 0.4) is 0 Å². The van der Waals surface area contributed by atoms with Gasteiger partial charge in [-0.25, -0.2) is 4.79 Å². The zero-order valence-electron chi connectivity index (χ0n) is 18.3. The average molecular weight is 442 g/mol. The molecule has 9 nitrogen and oxygen atoms in total. The van der Waals surface area contributed by atoms with Crippen LogP contribution < -0.4 is 4.74 Å². The molecule has 2 aromatic rings. The van der Waals surface area contributed by atoms with Gasteiger partial charge in [0.2, 0.25) is 0 Å². The third-order valence-electron chi connectivity index (χ3n) is 5.32. The van der Waals surface area contributed by atoms with Gasteiger partial charge in [0.15, 0.2) is 0 Å². The van der Waals surface area contributed by atoms with E-state index in [-0.39, 0.29) is 30.0 Å². The van der Waals surface area contributed by atoms with Crippen molar-refractivity contribution in [2.45, 2.75) is 32.9 Å². The van der Waals surface area contributed by atoms with Gasteiger partial charge in [-0.3, -0.25) is 9.59 Å². The number of aromatic hydroxyl groups is 2. The molecule has 0 bridgehead atoms. The minimum Gasteiger partial charge on any atom is -0.507 e. The summed E-state index contributed by atoms with van der Waals surface area (Å²) in [6.07, 6.45) is 0.872. The molecule has 0 fully saturated rings. The van der Waals surface area contributed by atoms with Gasteiger partial charge in [-0.2, -0.15) is 0 Å². The van der Waals surface area contributed by atoms with Crippen molar-refractivity contribution in [1.29, 1.82) is 0 Å². The number of unbranched alkanes of at least 4 members (excludes halogenated alkanes) is 1. The maximum Gasteiger partial charge on any atom is 0.513 e. The highest BCUT2D eigenvalue weighted by Gasteiger charge is 2.28. The van der Waals surface area contributed by atoms with Gasteiger partial charge in [0.25, 0.3) is 11.8 Å². The lowest BCUT2D eigenvalue weighted by Crippen LogP contribution is -2.29. The quantitative estimate of drug-likeness (QED) is 0.521. The summed E-state index contributed by atoms with van der Waals surface area (Å²) in [4.78, 5) is 40.1. The van der Waals surface area contributed by atoms with Crippen LogP contribution in [-0.2, 0) is 17.8 Å². The standard InChI is InChI=1S/C23H26N2O7/c1-4-5-8-24(2)21(28)17-10-18(20(27)11-19(17)26)22(29)25-12-14-6-7-16(9-15(14)13-25)32-23(30)31-3/h6-7,9-11,26-27H,4-5,8,12-13H2,1-3H3. The van der Waals surface area contributed by atoms with Crippen molar-refractivity contribution >= 4 is 18.0 Å². The molecular formula is C23H26N2O7. The number of phenols is 2. The van der Waals surface area contributed by atoms with E-state index in [1.54, 1.807) is 25.2 Å². The van der Waals surface area contributed by atoms with E-state index in [4.69, 9.17) is 4.74 Å². The first-order valence-electron chi connectivity index (χ1n) is 10.2. The third kappa shape index (κ3) is 4.77. The molecule has 1 heterocycles. The molecule has 1 aliphatic rings. The van der Waals surface area contributed by atoms with Crippen LogP contribution in [0.25, 0.3) is 0 Å². The lowest BCUT2D eigenvalue weighted by molar-refractivity contribution is 0.0747. The van der Waals surface area contributed by atoms with Crippen LogP contribution in [0.15, 0.2) is 30.3 Å². The molecule has 2 amide bonds. The van der Waals surface area contributed by atoms with E-state index in [1.807, 2.05) is 6.92 Å². The SMILES string of the molecule is CCCCN(C)C(=O)c1cc(C(=O)N2Cc3ccc(OC(=O)OC)cc3C2)c(O)cc1O. The van der Waals surface area contributed by atoms with E-state index >= 15 is 0 Å². The smallest absolute Gasteiger partial charge is 0.507 e. The van der Waals surface area contributed by atoms with Crippen molar-refractivity contribution < 1.29 is 34.1 Å². The number of carbonyl (C=O) groups excluding carboxylic acids is 3. The second-order valence-electron chi connectivity index (χ2n) is 7.61. The average Bonchev–Trinajstić information content (AvgIpc) is 3.20. The van der Waals surface area contributed by atoms with Crippen molar-refractivity contribution in [3.8, 4) is 17.2 Å². The Kier molecular flexibility index (Phi) is 6.87. The summed E-state index contributed by atoms with van der Waals surface area (Å²) in [6, 6.07) is 7.24. The summed E-state index contributed by atoms with van der Waals surface area (Å²) < 4.78 is 9.50. The van der Waals surface area contributed by atoms with Gasteiger partial charge in [-0.05, 0) is 35.7 Å². The van der Waals surface area contributed by atoms with Gasteiger partial charge in [0, 0.05) is 32.7 Å². The first-order valence-corrected chi connectivity index (χ1v) is 10.2. The molecule has 32 heavy (non-hydrogen) atoms. The predicted octanol–water partition coefficient (Wildman–Crippen LogP) is 3.27. The summed E-state index contributed by atoms with van der Waals surface area (Å²) >= 11 is 0. The van der Waals surface area contributed by atoms with Crippen molar-refractivity contribution in [2.24, 2.45) is 0 Å². The largest absolute Gasteiger partial charge is 0.513 e. The van der Waals surface area contributed by atoms with Gasteiger partial charge < -0.3 is 29.5 Å². The van der Waals surface area contributed by atoms with Crippen molar-refractivity contribution in [1.82, 2.24) is 9.80 Å². The van der Waals surface area contributed by atoms with Crippen LogP contribution in [0.2, 0.25) is 0 Å². The molecule has 2 aromatic carbocycles. The molecule has 0 atom stereocenters. The van der Waals surface area contributed by atoms with Crippen molar-refractivity contribution in [2.75, 3.05) is 20.7 Å². The molecule has 3 rings (SSSR count). The fourth-order valence-electron chi connectivity index (χ4n) is 3.51. The lowest BCUT2D eigenvalue weighted by Gasteiger charge is -2.20. The number of benzene rings is 2. The van der Waals surface area contributed by atoms with Crippen LogP contribution in [0, 0.1) is 0 Å². The molecule has 0 aromatic heterocycles. The number of rotatable bonds is 6. The topological polar surface area (TPSA) is 117 Å². The van der Waals surface area contributed by atoms with Gasteiger partial charge in [0.05, 0.1) is 18.2 Å². The molecule has 0 spiro atoms. The highest BCUT2D eigenvalue weighted by Crippen LogP contribution is 2.33. The van der Waals surface area contributed by atoms with Crippen LogP contribution in [0.4, 0.5) is 4.79 Å². The molecule has 0 unspecified atom stereocenters. The van der Waals surface area contributed by atoms with E-state index in [9.17, 15) is 24.6 Å². The Morgan fingerprint density at radius 1 is 1.03 bits per heavy atom. The molecule has 0 radical (unpaired) electrons. The fourth-order valence-corrected chi connectivity index (χ4v) is 3.51. The zero-order valence-corrected chi connectivity index (χ0v) is 18.3. The van der Waals surface area contributed by atoms with E-state index in [0.29, 0.717) is 12.3 Å². The van der Waals surface area contributed by atoms with Crippen LogP contribution >= 0.6 is 0 Å². The Morgan fingerprint density at radius 3 is 2.41 bits per heavy atom. The van der Waals surface area contributed by atoms with Crippen LogP contribution in [-0.4, -0.2) is 58.7 Å².